The first-order valence-corrected chi connectivity index (χ1v) is 8.60. The fourth-order valence-corrected chi connectivity index (χ4v) is 2.64. The Balaban J connectivity index is 1.48. The van der Waals surface area contributed by atoms with E-state index in [9.17, 15) is 9.50 Å². The predicted octanol–water partition coefficient (Wildman–Crippen LogP) is 4.23. The average molecular weight is 351 g/mol. The Morgan fingerprint density at radius 2 is 1.65 bits per heavy atom. The van der Waals surface area contributed by atoms with E-state index in [0.717, 1.165) is 22.4 Å². The van der Waals surface area contributed by atoms with Crippen molar-refractivity contribution >= 4 is 0 Å². The van der Waals surface area contributed by atoms with Crippen LogP contribution in [0.15, 0.2) is 78.9 Å². The van der Waals surface area contributed by atoms with Crippen LogP contribution >= 0.6 is 0 Å². The van der Waals surface area contributed by atoms with Crippen LogP contribution in [0.25, 0.3) is 0 Å². The van der Waals surface area contributed by atoms with Crippen LogP contribution in [0.2, 0.25) is 0 Å². The monoisotopic (exact) mass is 351 g/mol. The second kappa shape index (κ2) is 9.13. The van der Waals surface area contributed by atoms with Crippen LogP contribution in [0.3, 0.4) is 0 Å². The van der Waals surface area contributed by atoms with E-state index in [0.29, 0.717) is 19.7 Å². The summed E-state index contributed by atoms with van der Waals surface area (Å²) in [5.41, 5.74) is 2.89. The van der Waals surface area contributed by atoms with Crippen molar-refractivity contribution in [3.8, 4) is 5.75 Å². The highest BCUT2D eigenvalue weighted by molar-refractivity contribution is 5.29. The van der Waals surface area contributed by atoms with Crippen molar-refractivity contribution in [1.82, 2.24) is 5.32 Å². The van der Waals surface area contributed by atoms with Gasteiger partial charge in [-0.05, 0) is 41.0 Å². The van der Waals surface area contributed by atoms with E-state index in [1.807, 2.05) is 54.6 Å². The molecule has 3 aromatic rings. The SMILES string of the molecule is O[C@@H](CNCc1cccc(OCc2ccc(F)cc2)c1)c1ccccc1. The smallest absolute Gasteiger partial charge is 0.123 e. The third-order valence-electron chi connectivity index (χ3n) is 4.07. The minimum absolute atomic E-state index is 0.250. The van der Waals surface area contributed by atoms with E-state index in [4.69, 9.17) is 4.74 Å². The first-order valence-electron chi connectivity index (χ1n) is 8.60. The summed E-state index contributed by atoms with van der Waals surface area (Å²) in [4.78, 5) is 0. The van der Waals surface area contributed by atoms with Gasteiger partial charge in [-0.2, -0.15) is 0 Å². The number of nitrogens with one attached hydrogen (secondary N) is 1. The van der Waals surface area contributed by atoms with Crippen LogP contribution in [0, 0.1) is 5.82 Å². The maximum atomic E-state index is 12.9. The van der Waals surface area contributed by atoms with Crippen LogP contribution in [0.4, 0.5) is 4.39 Å². The van der Waals surface area contributed by atoms with Crippen LogP contribution in [0.1, 0.15) is 22.8 Å². The molecule has 134 valence electrons. The zero-order valence-electron chi connectivity index (χ0n) is 14.4. The van der Waals surface area contributed by atoms with Gasteiger partial charge in [0.2, 0.25) is 0 Å². The third kappa shape index (κ3) is 5.41. The molecule has 0 aliphatic carbocycles. The molecule has 0 aromatic heterocycles. The van der Waals surface area contributed by atoms with Crippen LogP contribution in [-0.2, 0) is 13.2 Å². The van der Waals surface area contributed by atoms with E-state index < -0.39 is 6.10 Å². The summed E-state index contributed by atoms with van der Waals surface area (Å²) in [5.74, 6) is 0.511. The molecule has 4 heteroatoms. The van der Waals surface area contributed by atoms with Crippen molar-refractivity contribution < 1.29 is 14.2 Å². The second-order valence-electron chi connectivity index (χ2n) is 6.12. The molecule has 3 aromatic carbocycles. The van der Waals surface area contributed by atoms with E-state index >= 15 is 0 Å². The van der Waals surface area contributed by atoms with Crippen molar-refractivity contribution in [1.29, 1.82) is 0 Å². The molecule has 0 spiro atoms. The van der Waals surface area contributed by atoms with Gasteiger partial charge in [0.15, 0.2) is 0 Å². The lowest BCUT2D eigenvalue weighted by Gasteiger charge is -2.13. The highest BCUT2D eigenvalue weighted by Gasteiger charge is 2.06. The van der Waals surface area contributed by atoms with Crippen molar-refractivity contribution in [2.45, 2.75) is 19.3 Å². The Morgan fingerprint density at radius 3 is 2.42 bits per heavy atom. The maximum absolute atomic E-state index is 12.9. The minimum Gasteiger partial charge on any atom is -0.489 e. The molecule has 3 rings (SSSR count). The Morgan fingerprint density at radius 1 is 0.885 bits per heavy atom. The fraction of sp³-hybridized carbons (Fsp3) is 0.182. The number of hydrogen-bond acceptors (Lipinski definition) is 3. The Hall–Kier alpha value is -2.69. The molecule has 0 saturated heterocycles. The molecule has 0 bridgehead atoms. The molecule has 0 heterocycles. The van der Waals surface area contributed by atoms with Gasteiger partial charge in [0.1, 0.15) is 18.2 Å². The third-order valence-corrected chi connectivity index (χ3v) is 4.07. The molecule has 3 nitrogen and oxygen atoms in total. The summed E-state index contributed by atoms with van der Waals surface area (Å²) in [6, 6.07) is 23.7. The summed E-state index contributed by atoms with van der Waals surface area (Å²) < 4.78 is 18.7. The summed E-state index contributed by atoms with van der Waals surface area (Å²) in [6.45, 7) is 1.51. The molecule has 1 atom stereocenters. The molecule has 0 radical (unpaired) electrons. The van der Waals surface area contributed by atoms with Gasteiger partial charge in [-0.1, -0.05) is 54.6 Å². The van der Waals surface area contributed by atoms with Gasteiger partial charge >= 0.3 is 0 Å². The normalized spacial score (nSPS) is 11.9. The lowest BCUT2D eigenvalue weighted by Crippen LogP contribution is -2.21. The van der Waals surface area contributed by atoms with Gasteiger partial charge in [0, 0.05) is 13.1 Å². The van der Waals surface area contributed by atoms with Gasteiger partial charge in [0.05, 0.1) is 6.10 Å². The van der Waals surface area contributed by atoms with E-state index in [1.54, 1.807) is 12.1 Å². The van der Waals surface area contributed by atoms with Crippen molar-refractivity contribution in [3.05, 3.63) is 101 Å². The molecule has 2 N–H and O–H groups in total. The van der Waals surface area contributed by atoms with Crippen molar-refractivity contribution in [2.24, 2.45) is 0 Å². The highest BCUT2D eigenvalue weighted by Crippen LogP contribution is 2.16. The number of benzene rings is 3. The Bertz CT molecular complexity index is 806. The number of rotatable bonds is 8. The molecule has 0 saturated carbocycles. The lowest BCUT2D eigenvalue weighted by atomic mass is 10.1. The van der Waals surface area contributed by atoms with Gasteiger partial charge in [-0.15, -0.1) is 0 Å². The largest absolute Gasteiger partial charge is 0.489 e. The molecule has 0 unspecified atom stereocenters. The molecular formula is C22H22FNO2. The molecule has 0 amide bonds. The topological polar surface area (TPSA) is 41.5 Å². The van der Waals surface area contributed by atoms with Crippen molar-refractivity contribution in [2.75, 3.05) is 6.54 Å². The van der Waals surface area contributed by atoms with Gasteiger partial charge < -0.3 is 15.2 Å². The summed E-state index contributed by atoms with van der Waals surface area (Å²) in [7, 11) is 0. The van der Waals surface area contributed by atoms with Gasteiger partial charge in [-0.3, -0.25) is 0 Å². The van der Waals surface area contributed by atoms with E-state index in [1.165, 1.54) is 12.1 Å². The summed E-state index contributed by atoms with van der Waals surface area (Å²) >= 11 is 0. The standard InChI is InChI=1S/C22H22FNO2/c23-20-11-9-17(10-12-20)16-26-21-8-4-5-18(13-21)14-24-15-22(25)19-6-2-1-3-7-19/h1-13,22,24-25H,14-16H2/t22-/m0/s1. The van der Waals surface area contributed by atoms with Crippen LogP contribution in [-0.4, -0.2) is 11.7 Å². The number of ether oxygens (including phenoxy) is 1. The number of halogens is 1. The maximum Gasteiger partial charge on any atom is 0.123 e. The van der Waals surface area contributed by atoms with E-state index in [2.05, 4.69) is 5.32 Å². The fourth-order valence-electron chi connectivity index (χ4n) is 2.64. The van der Waals surface area contributed by atoms with Gasteiger partial charge in [0.25, 0.3) is 0 Å². The van der Waals surface area contributed by atoms with Crippen molar-refractivity contribution in [3.63, 3.8) is 0 Å². The molecular weight excluding hydrogens is 329 g/mol. The Kier molecular flexibility index (Phi) is 6.36. The zero-order valence-corrected chi connectivity index (χ0v) is 14.4. The Labute approximate surface area is 153 Å². The first-order chi connectivity index (χ1) is 12.7. The van der Waals surface area contributed by atoms with E-state index in [-0.39, 0.29) is 5.82 Å². The molecule has 0 fully saturated rings. The average Bonchev–Trinajstić information content (AvgIpc) is 2.68. The number of hydrogen-bond donors (Lipinski definition) is 2. The zero-order chi connectivity index (χ0) is 18.2. The summed E-state index contributed by atoms with van der Waals surface area (Å²) in [5, 5.41) is 13.4. The predicted molar refractivity (Wildman–Crippen MR) is 100 cm³/mol. The molecule has 0 aliphatic rings. The highest BCUT2D eigenvalue weighted by atomic mass is 19.1. The van der Waals surface area contributed by atoms with Crippen LogP contribution in [0.5, 0.6) is 5.75 Å². The number of aliphatic hydroxyl groups excluding tert-OH is 1. The second-order valence-corrected chi connectivity index (χ2v) is 6.12. The first kappa shape index (κ1) is 18.1. The van der Waals surface area contributed by atoms with Gasteiger partial charge in [-0.25, -0.2) is 4.39 Å². The summed E-state index contributed by atoms with van der Waals surface area (Å²) in [6.07, 6.45) is -0.533. The molecule has 0 aliphatic heterocycles. The molecule has 26 heavy (non-hydrogen) atoms. The van der Waals surface area contributed by atoms with Crippen LogP contribution < -0.4 is 10.1 Å². The number of aliphatic hydroxyl groups is 1. The quantitative estimate of drug-likeness (QED) is 0.638. The minimum atomic E-state index is -0.533. The lowest BCUT2D eigenvalue weighted by molar-refractivity contribution is 0.174.